The highest BCUT2D eigenvalue weighted by Gasteiger charge is 2.12. The molecule has 0 spiro atoms. The van der Waals surface area contributed by atoms with E-state index in [2.05, 4.69) is 0 Å². The Balaban J connectivity index is 1.85. The van der Waals surface area contributed by atoms with Crippen molar-refractivity contribution in [2.45, 2.75) is 13.3 Å². The second-order valence-electron chi connectivity index (χ2n) is 5.56. The molecule has 3 rings (SSSR count). The molecule has 140 valence electrons. The average Bonchev–Trinajstić information content (AvgIpc) is 2.65. The van der Waals surface area contributed by atoms with Gasteiger partial charge in [0.15, 0.2) is 11.5 Å². The van der Waals surface area contributed by atoms with E-state index in [1.165, 1.54) is 12.3 Å². The van der Waals surface area contributed by atoms with Gasteiger partial charge in [0.1, 0.15) is 17.6 Å². The Labute approximate surface area is 154 Å². The van der Waals surface area contributed by atoms with E-state index in [0.717, 1.165) is 0 Å². The lowest BCUT2D eigenvalue weighted by Gasteiger charge is -2.11. The molecule has 27 heavy (non-hydrogen) atoms. The maximum atomic E-state index is 12.7. The van der Waals surface area contributed by atoms with Gasteiger partial charge in [-0.25, -0.2) is 0 Å². The van der Waals surface area contributed by atoms with Crippen molar-refractivity contribution >= 4 is 16.9 Å². The van der Waals surface area contributed by atoms with Crippen LogP contribution >= 0.6 is 0 Å². The van der Waals surface area contributed by atoms with Gasteiger partial charge in [0.25, 0.3) is 0 Å². The van der Waals surface area contributed by atoms with Gasteiger partial charge in [-0.15, -0.1) is 0 Å². The lowest BCUT2D eigenvalue weighted by Crippen LogP contribution is -2.07. The highest BCUT2D eigenvalue weighted by atomic mass is 16.5. The van der Waals surface area contributed by atoms with Crippen LogP contribution in [-0.4, -0.2) is 24.3 Å². The predicted molar refractivity (Wildman–Crippen MR) is 97.9 cm³/mol. The number of rotatable bonds is 8. The van der Waals surface area contributed by atoms with E-state index in [4.69, 9.17) is 23.7 Å². The van der Waals surface area contributed by atoms with E-state index in [0.29, 0.717) is 34.8 Å². The molecule has 1 N–H and O–H groups in total. The molecule has 0 radical (unpaired) electrons. The first kappa shape index (κ1) is 18.3. The van der Waals surface area contributed by atoms with E-state index in [1.807, 2.05) is 13.0 Å². The molecule has 3 aromatic rings. The smallest absolute Gasteiger partial charge is 0.306 e. The van der Waals surface area contributed by atoms with Crippen LogP contribution in [0.15, 0.2) is 57.9 Å². The fourth-order valence-electron chi connectivity index (χ4n) is 2.44. The molecule has 0 aliphatic heterocycles. The molecule has 0 saturated carbocycles. The normalized spacial score (nSPS) is 10.6. The maximum absolute atomic E-state index is 12.7. The predicted octanol–water partition coefficient (Wildman–Crippen LogP) is 3.84. The van der Waals surface area contributed by atoms with Crippen LogP contribution in [0.3, 0.4) is 0 Å². The molecule has 0 bridgehead atoms. The number of ether oxygens (including phenoxy) is 3. The summed E-state index contributed by atoms with van der Waals surface area (Å²) in [6, 6.07) is 11.7. The Kier molecular flexibility index (Phi) is 5.61. The van der Waals surface area contributed by atoms with Gasteiger partial charge in [-0.2, -0.15) is 0 Å². The number of aliphatic carboxylic acids is 1. The molecular formula is C20H18O7. The lowest BCUT2D eigenvalue weighted by molar-refractivity contribution is -0.137. The Morgan fingerprint density at radius 1 is 1.07 bits per heavy atom. The fraction of sp³-hybridized carbons (Fsp3) is 0.200. The highest BCUT2D eigenvalue weighted by molar-refractivity contribution is 5.79. The summed E-state index contributed by atoms with van der Waals surface area (Å²) in [5.41, 5.74) is -0.0158. The van der Waals surface area contributed by atoms with Crippen molar-refractivity contribution < 1.29 is 28.5 Å². The summed E-state index contributed by atoms with van der Waals surface area (Å²) in [6.45, 7) is 2.36. The third-order valence-corrected chi connectivity index (χ3v) is 3.67. The Morgan fingerprint density at radius 2 is 1.85 bits per heavy atom. The summed E-state index contributed by atoms with van der Waals surface area (Å²) in [7, 11) is 0. The molecule has 7 heteroatoms. The van der Waals surface area contributed by atoms with Gasteiger partial charge in [-0.05, 0) is 31.2 Å². The zero-order chi connectivity index (χ0) is 19.2. The van der Waals surface area contributed by atoms with Gasteiger partial charge in [0.05, 0.1) is 25.0 Å². The highest BCUT2D eigenvalue weighted by Crippen LogP contribution is 2.31. The summed E-state index contributed by atoms with van der Waals surface area (Å²) in [5, 5.41) is 8.97. The Hall–Kier alpha value is -3.48. The minimum atomic E-state index is -0.948. The molecule has 0 aliphatic carbocycles. The number of carbonyl (C=O) groups is 1. The largest absolute Gasteiger partial charge is 0.493 e. The first-order valence-corrected chi connectivity index (χ1v) is 8.38. The van der Waals surface area contributed by atoms with E-state index >= 15 is 0 Å². The van der Waals surface area contributed by atoms with Crippen molar-refractivity contribution in [1.82, 2.24) is 0 Å². The van der Waals surface area contributed by atoms with Gasteiger partial charge >= 0.3 is 5.97 Å². The molecule has 0 amide bonds. The summed E-state index contributed by atoms with van der Waals surface area (Å²) in [4.78, 5) is 23.2. The van der Waals surface area contributed by atoms with Crippen LogP contribution < -0.4 is 19.6 Å². The number of benzene rings is 2. The average molecular weight is 370 g/mol. The number of para-hydroxylation sites is 2. The number of carboxylic acids is 1. The number of hydrogen-bond donors (Lipinski definition) is 1. The minimum absolute atomic E-state index is 0.0283. The van der Waals surface area contributed by atoms with Crippen LogP contribution in [0.1, 0.15) is 13.3 Å². The summed E-state index contributed by atoms with van der Waals surface area (Å²) in [5.74, 6) is 0.453. The van der Waals surface area contributed by atoms with Crippen molar-refractivity contribution in [3.05, 3.63) is 59.0 Å². The van der Waals surface area contributed by atoms with E-state index in [-0.39, 0.29) is 24.2 Å². The third kappa shape index (κ3) is 4.38. The monoisotopic (exact) mass is 370 g/mol. The van der Waals surface area contributed by atoms with Crippen LogP contribution in [0.4, 0.5) is 0 Å². The van der Waals surface area contributed by atoms with Crippen LogP contribution in [0.25, 0.3) is 11.0 Å². The molecule has 0 unspecified atom stereocenters. The van der Waals surface area contributed by atoms with Gasteiger partial charge in [-0.1, -0.05) is 12.1 Å². The maximum Gasteiger partial charge on any atom is 0.306 e. The first-order valence-electron chi connectivity index (χ1n) is 8.38. The molecule has 7 nitrogen and oxygen atoms in total. The zero-order valence-corrected chi connectivity index (χ0v) is 14.6. The molecule has 1 heterocycles. The molecular weight excluding hydrogens is 352 g/mol. The van der Waals surface area contributed by atoms with Crippen LogP contribution in [0.2, 0.25) is 0 Å². The zero-order valence-electron chi connectivity index (χ0n) is 14.6. The first-order chi connectivity index (χ1) is 13.1. The van der Waals surface area contributed by atoms with Crippen LogP contribution in [-0.2, 0) is 4.79 Å². The van der Waals surface area contributed by atoms with Crippen molar-refractivity contribution in [3.63, 3.8) is 0 Å². The number of carboxylic acid groups (broad SMARTS) is 1. The SMILES string of the molecule is CCOc1ccccc1Oc1coc2cc(OCCC(=O)O)ccc2c1=O. The Bertz CT molecular complexity index is 1010. The third-order valence-electron chi connectivity index (χ3n) is 3.67. The second-order valence-corrected chi connectivity index (χ2v) is 5.56. The molecule has 0 atom stereocenters. The van der Waals surface area contributed by atoms with Crippen molar-refractivity contribution in [2.24, 2.45) is 0 Å². The van der Waals surface area contributed by atoms with Crippen molar-refractivity contribution in [2.75, 3.05) is 13.2 Å². The van der Waals surface area contributed by atoms with E-state index < -0.39 is 5.97 Å². The van der Waals surface area contributed by atoms with Crippen molar-refractivity contribution in [3.8, 4) is 23.0 Å². The number of fused-ring (bicyclic) bond motifs is 1. The van der Waals surface area contributed by atoms with E-state index in [1.54, 1.807) is 30.3 Å². The second kappa shape index (κ2) is 8.27. The molecule has 0 aliphatic rings. The summed E-state index contributed by atoms with van der Waals surface area (Å²) in [6.07, 6.45) is 1.11. The topological polar surface area (TPSA) is 95.2 Å². The summed E-state index contributed by atoms with van der Waals surface area (Å²) < 4.78 is 22.0. The molecule has 0 saturated heterocycles. The Morgan fingerprint density at radius 3 is 2.59 bits per heavy atom. The van der Waals surface area contributed by atoms with Crippen LogP contribution in [0.5, 0.6) is 23.0 Å². The minimum Gasteiger partial charge on any atom is -0.493 e. The summed E-state index contributed by atoms with van der Waals surface area (Å²) >= 11 is 0. The fourth-order valence-corrected chi connectivity index (χ4v) is 2.44. The molecule has 2 aromatic carbocycles. The van der Waals surface area contributed by atoms with Gasteiger partial charge < -0.3 is 23.7 Å². The van der Waals surface area contributed by atoms with Gasteiger partial charge in [0.2, 0.25) is 11.2 Å². The van der Waals surface area contributed by atoms with E-state index in [9.17, 15) is 9.59 Å². The van der Waals surface area contributed by atoms with Gasteiger partial charge in [-0.3, -0.25) is 9.59 Å². The quantitative estimate of drug-likeness (QED) is 0.644. The van der Waals surface area contributed by atoms with Crippen molar-refractivity contribution in [1.29, 1.82) is 0 Å². The molecule has 1 aromatic heterocycles. The lowest BCUT2D eigenvalue weighted by atomic mass is 10.2. The number of hydrogen-bond acceptors (Lipinski definition) is 6. The van der Waals surface area contributed by atoms with Gasteiger partial charge in [0, 0.05) is 6.07 Å². The standard InChI is InChI=1S/C20H18O7/c1-2-24-15-5-3-4-6-16(15)27-18-12-26-17-11-13(25-10-9-19(21)22)7-8-14(17)20(18)23/h3-8,11-12H,2,9-10H2,1H3,(H,21,22). The van der Waals surface area contributed by atoms with Crippen LogP contribution in [0, 0.1) is 0 Å². The molecule has 0 fully saturated rings.